The minimum atomic E-state index is -0.359. The quantitative estimate of drug-likeness (QED) is 0.687. The van der Waals surface area contributed by atoms with Gasteiger partial charge in [0, 0.05) is 12.2 Å². The highest BCUT2D eigenvalue weighted by Crippen LogP contribution is 2.36. The number of esters is 1. The Bertz CT molecular complexity index is 934. The highest BCUT2D eigenvalue weighted by molar-refractivity contribution is 5.90. The number of hydrogen-bond donors (Lipinski definition) is 0. The summed E-state index contributed by atoms with van der Waals surface area (Å²) in [5.41, 5.74) is 4.34. The Morgan fingerprint density at radius 2 is 2.21 bits per heavy atom. The van der Waals surface area contributed by atoms with Crippen LogP contribution in [0.25, 0.3) is 11.0 Å². The van der Waals surface area contributed by atoms with Crippen molar-refractivity contribution in [1.82, 2.24) is 19.7 Å². The molecular formula is C17H17N5O2. The van der Waals surface area contributed by atoms with Crippen LogP contribution in [0.2, 0.25) is 0 Å². The molecule has 0 radical (unpaired) electrons. The second kappa shape index (κ2) is 5.59. The maximum atomic E-state index is 11.5. The summed E-state index contributed by atoms with van der Waals surface area (Å²) >= 11 is 0. The van der Waals surface area contributed by atoms with Crippen molar-refractivity contribution in [3.05, 3.63) is 41.9 Å². The van der Waals surface area contributed by atoms with E-state index in [9.17, 15) is 4.79 Å². The first kappa shape index (κ1) is 14.6. The lowest BCUT2D eigenvalue weighted by molar-refractivity contribution is -0.141. The molecule has 24 heavy (non-hydrogen) atoms. The van der Waals surface area contributed by atoms with E-state index in [1.54, 1.807) is 10.9 Å². The largest absolute Gasteiger partial charge is 0.468 e. The van der Waals surface area contributed by atoms with Gasteiger partial charge in [-0.15, -0.1) is 0 Å². The highest BCUT2D eigenvalue weighted by Gasteiger charge is 2.24. The molecule has 4 rings (SSSR count). The average Bonchev–Trinajstić information content (AvgIpc) is 3.18. The van der Waals surface area contributed by atoms with Crippen LogP contribution in [0.1, 0.15) is 11.1 Å². The van der Waals surface area contributed by atoms with Crippen molar-refractivity contribution in [3.8, 4) is 0 Å². The second-order valence-corrected chi connectivity index (χ2v) is 5.85. The van der Waals surface area contributed by atoms with Crippen LogP contribution in [-0.4, -0.2) is 39.4 Å². The molecule has 0 unspecified atom stereocenters. The van der Waals surface area contributed by atoms with Crippen LogP contribution in [0, 0.1) is 6.92 Å². The van der Waals surface area contributed by atoms with Gasteiger partial charge in [0.1, 0.15) is 18.7 Å². The number of ether oxygens (including phenoxy) is 1. The fourth-order valence-corrected chi connectivity index (χ4v) is 3.11. The predicted octanol–water partition coefficient (Wildman–Crippen LogP) is 2.00. The van der Waals surface area contributed by atoms with Gasteiger partial charge < -0.3 is 9.64 Å². The van der Waals surface area contributed by atoms with Crippen molar-refractivity contribution in [3.63, 3.8) is 0 Å². The molecule has 0 amide bonds. The molecule has 0 aliphatic carbocycles. The molecule has 122 valence electrons. The van der Waals surface area contributed by atoms with E-state index in [0.29, 0.717) is 5.65 Å². The summed E-state index contributed by atoms with van der Waals surface area (Å²) < 4.78 is 6.25. The van der Waals surface area contributed by atoms with E-state index in [1.165, 1.54) is 30.3 Å². The monoisotopic (exact) mass is 323 g/mol. The summed E-state index contributed by atoms with van der Waals surface area (Å²) in [6.45, 7) is 2.99. The number of nitrogens with zero attached hydrogens (tertiary/aromatic N) is 5. The maximum absolute atomic E-state index is 11.5. The maximum Gasteiger partial charge on any atom is 0.327 e. The molecule has 1 aliphatic rings. The first-order chi connectivity index (χ1) is 11.7. The number of rotatable bonds is 3. The molecule has 3 aromatic rings. The van der Waals surface area contributed by atoms with Gasteiger partial charge in [0.15, 0.2) is 5.65 Å². The molecule has 1 aromatic carbocycles. The van der Waals surface area contributed by atoms with Crippen LogP contribution in [0.4, 0.5) is 11.5 Å². The highest BCUT2D eigenvalue weighted by atomic mass is 16.5. The number of aromatic nitrogens is 4. The topological polar surface area (TPSA) is 73.1 Å². The summed E-state index contributed by atoms with van der Waals surface area (Å²) in [6, 6.07) is 6.48. The van der Waals surface area contributed by atoms with Crippen molar-refractivity contribution in [2.75, 3.05) is 18.6 Å². The van der Waals surface area contributed by atoms with Crippen LogP contribution in [0.5, 0.6) is 0 Å². The number of methoxy groups -OCH3 is 1. The fraction of sp³-hybridized carbons (Fsp3) is 0.294. The van der Waals surface area contributed by atoms with Gasteiger partial charge in [0.05, 0.1) is 18.7 Å². The Morgan fingerprint density at radius 3 is 3.04 bits per heavy atom. The van der Waals surface area contributed by atoms with Crippen molar-refractivity contribution >= 4 is 28.5 Å². The summed E-state index contributed by atoms with van der Waals surface area (Å²) in [5, 5.41) is 5.10. The second-order valence-electron chi connectivity index (χ2n) is 5.85. The van der Waals surface area contributed by atoms with E-state index in [1.807, 2.05) is 0 Å². The Kier molecular flexibility index (Phi) is 3.41. The van der Waals surface area contributed by atoms with Gasteiger partial charge in [-0.05, 0) is 30.5 Å². The standard InChI is InChI=1S/C17H17N5O2/c1-11-3-4-12-5-6-21(14(12)7-11)16-13-8-20-22(9-15(23)24-2)17(13)19-10-18-16/h3-4,7-8,10H,5-6,9H2,1-2H3. The summed E-state index contributed by atoms with van der Waals surface area (Å²) in [4.78, 5) is 22.5. The van der Waals surface area contributed by atoms with Gasteiger partial charge in [-0.3, -0.25) is 4.79 Å². The molecule has 0 bridgehead atoms. The zero-order chi connectivity index (χ0) is 16.7. The third-order valence-corrected chi connectivity index (χ3v) is 4.31. The van der Waals surface area contributed by atoms with E-state index >= 15 is 0 Å². The lowest BCUT2D eigenvalue weighted by Crippen LogP contribution is -2.16. The molecule has 3 heterocycles. The normalized spacial score (nSPS) is 13.3. The van der Waals surface area contributed by atoms with Crippen molar-refractivity contribution < 1.29 is 9.53 Å². The lowest BCUT2D eigenvalue weighted by atomic mass is 10.1. The summed E-state index contributed by atoms with van der Waals surface area (Å²) in [7, 11) is 1.36. The minimum Gasteiger partial charge on any atom is -0.468 e. The zero-order valence-electron chi connectivity index (χ0n) is 13.6. The van der Waals surface area contributed by atoms with Crippen molar-refractivity contribution in [1.29, 1.82) is 0 Å². The van der Waals surface area contributed by atoms with Crippen LogP contribution < -0.4 is 4.90 Å². The van der Waals surface area contributed by atoms with E-state index in [4.69, 9.17) is 4.74 Å². The smallest absolute Gasteiger partial charge is 0.327 e. The third-order valence-electron chi connectivity index (χ3n) is 4.31. The lowest BCUT2D eigenvalue weighted by Gasteiger charge is -2.19. The molecule has 0 saturated heterocycles. The summed E-state index contributed by atoms with van der Waals surface area (Å²) in [6.07, 6.45) is 4.21. The van der Waals surface area contributed by atoms with Gasteiger partial charge in [0.25, 0.3) is 0 Å². The van der Waals surface area contributed by atoms with E-state index in [2.05, 4.69) is 45.1 Å². The average molecular weight is 323 g/mol. The SMILES string of the molecule is COC(=O)Cn1ncc2c(N3CCc4ccc(C)cc43)ncnc21. The first-order valence-electron chi connectivity index (χ1n) is 7.78. The van der Waals surface area contributed by atoms with Gasteiger partial charge >= 0.3 is 5.97 Å². The molecule has 0 N–H and O–H groups in total. The predicted molar refractivity (Wildman–Crippen MR) is 89.2 cm³/mol. The number of fused-ring (bicyclic) bond motifs is 2. The third kappa shape index (κ3) is 2.29. The van der Waals surface area contributed by atoms with E-state index in [-0.39, 0.29) is 12.5 Å². The fourth-order valence-electron chi connectivity index (χ4n) is 3.11. The molecule has 0 spiro atoms. The number of carbonyl (C=O) groups excluding carboxylic acids is 1. The molecule has 1 aliphatic heterocycles. The summed E-state index contributed by atoms with van der Waals surface area (Å²) in [5.74, 6) is 0.461. The van der Waals surface area contributed by atoms with Gasteiger partial charge in [-0.1, -0.05) is 12.1 Å². The Balaban J connectivity index is 1.79. The van der Waals surface area contributed by atoms with Crippen molar-refractivity contribution in [2.45, 2.75) is 19.9 Å². The first-order valence-corrected chi connectivity index (χ1v) is 7.78. The molecule has 2 aromatic heterocycles. The van der Waals surface area contributed by atoms with Gasteiger partial charge in [-0.25, -0.2) is 14.6 Å². The minimum absolute atomic E-state index is 0.0339. The molecule has 0 atom stereocenters. The Morgan fingerprint density at radius 1 is 1.33 bits per heavy atom. The number of carbonyl (C=O) groups is 1. The Labute approximate surface area is 138 Å². The molecule has 0 saturated carbocycles. The van der Waals surface area contributed by atoms with Gasteiger partial charge in [0.2, 0.25) is 0 Å². The van der Waals surface area contributed by atoms with Crippen LogP contribution in [0.15, 0.2) is 30.7 Å². The number of aryl methyl sites for hydroxylation is 1. The van der Waals surface area contributed by atoms with Crippen LogP contribution in [-0.2, 0) is 22.5 Å². The van der Waals surface area contributed by atoms with E-state index in [0.717, 1.165) is 24.2 Å². The number of hydrogen-bond acceptors (Lipinski definition) is 6. The zero-order valence-corrected chi connectivity index (χ0v) is 13.6. The molecule has 0 fully saturated rings. The van der Waals surface area contributed by atoms with Crippen LogP contribution in [0.3, 0.4) is 0 Å². The van der Waals surface area contributed by atoms with Crippen LogP contribution >= 0.6 is 0 Å². The van der Waals surface area contributed by atoms with Crippen molar-refractivity contribution in [2.24, 2.45) is 0 Å². The Hall–Kier alpha value is -2.96. The number of anilines is 2. The molecular weight excluding hydrogens is 306 g/mol. The molecule has 7 heteroatoms. The number of benzene rings is 1. The van der Waals surface area contributed by atoms with E-state index < -0.39 is 0 Å². The molecule has 7 nitrogen and oxygen atoms in total. The van der Waals surface area contributed by atoms with Gasteiger partial charge in [-0.2, -0.15) is 5.10 Å².